The molecule has 1 aromatic carbocycles. The highest BCUT2D eigenvalue weighted by atomic mass is 16.5. The number of hydrogen-bond donors (Lipinski definition) is 0. The topological polar surface area (TPSA) is 9.23 Å². The van der Waals surface area contributed by atoms with Gasteiger partial charge in [0.15, 0.2) is 0 Å². The molecular weight excluding hydrogens is 280 g/mol. The van der Waals surface area contributed by atoms with Crippen LogP contribution in [0, 0.1) is 12.8 Å². The van der Waals surface area contributed by atoms with Gasteiger partial charge in [0, 0.05) is 0 Å². The maximum Gasteiger partial charge on any atom is 0.0579 e. The number of ether oxygens (including phenoxy) is 1. The molecule has 2 aliphatic rings. The Morgan fingerprint density at radius 1 is 0.739 bits per heavy atom. The van der Waals surface area contributed by atoms with Gasteiger partial charge in [0.05, 0.1) is 12.2 Å². The summed E-state index contributed by atoms with van der Waals surface area (Å²) in [7, 11) is 0. The van der Waals surface area contributed by atoms with Gasteiger partial charge in [-0.2, -0.15) is 0 Å². The third-order valence-corrected chi connectivity index (χ3v) is 5.57. The van der Waals surface area contributed by atoms with Gasteiger partial charge in [-0.25, -0.2) is 0 Å². The molecule has 0 amide bonds. The summed E-state index contributed by atoms with van der Waals surface area (Å²) < 4.78 is 6.38. The molecule has 0 radical (unpaired) electrons. The average Bonchev–Trinajstić information content (AvgIpc) is 2.60. The maximum atomic E-state index is 6.38. The molecule has 0 spiro atoms. The SMILES string of the molecule is CC.Cc1ccc(C2CCC(OC3CCC(C)CC3)CC2)cc1. The lowest BCUT2D eigenvalue weighted by atomic mass is 9.82. The van der Waals surface area contributed by atoms with Crippen molar-refractivity contribution in [1.29, 1.82) is 0 Å². The number of hydrogen-bond acceptors (Lipinski definition) is 1. The third kappa shape index (κ3) is 5.64. The highest BCUT2D eigenvalue weighted by Gasteiger charge is 2.26. The predicted octanol–water partition coefficient (Wildman–Crippen LogP) is 6.64. The van der Waals surface area contributed by atoms with E-state index in [9.17, 15) is 0 Å². The fourth-order valence-corrected chi connectivity index (χ4v) is 4.01. The molecule has 0 bridgehead atoms. The molecule has 0 heterocycles. The molecule has 3 rings (SSSR count). The monoisotopic (exact) mass is 316 g/mol. The average molecular weight is 317 g/mol. The van der Waals surface area contributed by atoms with Gasteiger partial charge in [-0.15, -0.1) is 0 Å². The van der Waals surface area contributed by atoms with E-state index in [2.05, 4.69) is 38.1 Å². The van der Waals surface area contributed by atoms with Crippen molar-refractivity contribution >= 4 is 0 Å². The Hall–Kier alpha value is -0.820. The number of aryl methyl sites for hydroxylation is 1. The summed E-state index contributed by atoms with van der Waals surface area (Å²) >= 11 is 0. The van der Waals surface area contributed by atoms with E-state index in [1.807, 2.05) is 13.8 Å². The van der Waals surface area contributed by atoms with Crippen molar-refractivity contribution < 1.29 is 4.74 Å². The molecule has 1 nitrogen and oxygen atoms in total. The summed E-state index contributed by atoms with van der Waals surface area (Å²) in [5.41, 5.74) is 2.90. The zero-order valence-corrected chi connectivity index (χ0v) is 15.7. The summed E-state index contributed by atoms with van der Waals surface area (Å²) in [6.07, 6.45) is 11.5. The standard InChI is InChI=1S/C20H30O.C2H6/c1-15-3-7-17(8-4-15)18-9-13-20(14-10-18)21-19-11-5-16(2)6-12-19;1-2/h3-4,7-8,16,18-20H,5-6,9-14H2,1-2H3;1-2H3. The van der Waals surface area contributed by atoms with Crippen LogP contribution in [0.25, 0.3) is 0 Å². The van der Waals surface area contributed by atoms with Crippen LogP contribution >= 0.6 is 0 Å². The number of rotatable bonds is 3. The highest BCUT2D eigenvalue weighted by molar-refractivity contribution is 5.24. The third-order valence-electron chi connectivity index (χ3n) is 5.57. The van der Waals surface area contributed by atoms with Gasteiger partial charge in [0.2, 0.25) is 0 Å². The van der Waals surface area contributed by atoms with Crippen LogP contribution < -0.4 is 0 Å². The molecule has 2 saturated carbocycles. The summed E-state index contributed by atoms with van der Waals surface area (Å²) in [6, 6.07) is 9.15. The van der Waals surface area contributed by atoms with Crippen molar-refractivity contribution in [2.24, 2.45) is 5.92 Å². The minimum atomic E-state index is 0.533. The first kappa shape index (κ1) is 18.5. The molecule has 0 saturated heterocycles. The summed E-state index contributed by atoms with van der Waals surface area (Å²) in [6.45, 7) is 8.54. The Labute approximate surface area is 143 Å². The Morgan fingerprint density at radius 3 is 1.74 bits per heavy atom. The first-order chi connectivity index (χ1) is 11.2. The molecule has 0 aliphatic heterocycles. The molecule has 0 N–H and O–H groups in total. The second kappa shape index (κ2) is 9.47. The van der Waals surface area contributed by atoms with E-state index in [1.54, 1.807) is 0 Å². The van der Waals surface area contributed by atoms with Crippen molar-refractivity contribution in [3.8, 4) is 0 Å². The molecular formula is C22H36O. The molecule has 2 aliphatic carbocycles. The highest BCUT2D eigenvalue weighted by Crippen LogP contribution is 2.36. The fraction of sp³-hybridized carbons (Fsp3) is 0.727. The van der Waals surface area contributed by atoms with Crippen LogP contribution in [-0.4, -0.2) is 12.2 Å². The van der Waals surface area contributed by atoms with E-state index >= 15 is 0 Å². The lowest BCUT2D eigenvalue weighted by molar-refractivity contribution is -0.0519. The summed E-state index contributed by atoms with van der Waals surface area (Å²) in [5.74, 6) is 1.68. The van der Waals surface area contributed by atoms with Gasteiger partial charge in [-0.05, 0) is 75.7 Å². The van der Waals surface area contributed by atoms with Gasteiger partial charge in [0.25, 0.3) is 0 Å². The van der Waals surface area contributed by atoms with Gasteiger partial charge >= 0.3 is 0 Å². The molecule has 23 heavy (non-hydrogen) atoms. The predicted molar refractivity (Wildman–Crippen MR) is 100 cm³/mol. The molecule has 130 valence electrons. The Morgan fingerprint density at radius 2 is 1.22 bits per heavy atom. The van der Waals surface area contributed by atoms with Crippen molar-refractivity contribution in [3.63, 3.8) is 0 Å². The van der Waals surface area contributed by atoms with Gasteiger partial charge < -0.3 is 4.74 Å². The van der Waals surface area contributed by atoms with E-state index < -0.39 is 0 Å². The number of benzene rings is 1. The minimum Gasteiger partial charge on any atom is -0.375 e. The normalized spacial score (nSPS) is 31.1. The zero-order chi connectivity index (χ0) is 16.7. The van der Waals surface area contributed by atoms with Crippen molar-refractivity contribution in [2.45, 2.75) is 97.2 Å². The minimum absolute atomic E-state index is 0.533. The first-order valence-electron chi connectivity index (χ1n) is 9.92. The molecule has 0 unspecified atom stereocenters. The van der Waals surface area contributed by atoms with Gasteiger partial charge in [0.1, 0.15) is 0 Å². The molecule has 1 aromatic rings. The van der Waals surface area contributed by atoms with Gasteiger partial charge in [-0.1, -0.05) is 50.6 Å². The molecule has 0 atom stereocenters. The Balaban J connectivity index is 0.000000924. The molecule has 1 heteroatoms. The van der Waals surface area contributed by atoms with E-state index in [0.717, 1.165) is 11.8 Å². The quantitative estimate of drug-likeness (QED) is 0.607. The lowest BCUT2D eigenvalue weighted by Crippen LogP contribution is -2.29. The van der Waals surface area contributed by atoms with E-state index in [-0.39, 0.29) is 0 Å². The van der Waals surface area contributed by atoms with Crippen LogP contribution in [0.15, 0.2) is 24.3 Å². The van der Waals surface area contributed by atoms with Crippen LogP contribution in [0.4, 0.5) is 0 Å². The lowest BCUT2D eigenvalue weighted by Gasteiger charge is -2.34. The first-order valence-corrected chi connectivity index (χ1v) is 9.92. The summed E-state index contributed by atoms with van der Waals surface area (Å²) in [5, 5.41) is 0. The van der Waals surface area contributed by atoms with Crippen LogP contribution in [0.3, 0.4) is 0 Å². The van der Waals surface area contributed by atoms with Crippen molar-refractivity contribution in [1.82, 2.24) is 0 Å². The second-order valence-corrected chi connectivity index (χ2v) is 7.40. The fourth-order valence-electron chi connectivity index (χ4n) is 4.01. The molecule has 2 fully saturated rings. The van der Waals surface area contributed by atoms with E-state index in [1.165, 1.54) is 62.5 Å². The Bertz CT molecular complexity index is 420. The zero-order valence-electron chi connectivity index (χ0n) is 15.7. The largest absolute Gasteiger partial charge is 0.375 e. The summed E-state index contributed by atoms with van der Waals surface area (Å²) in [4.78, 5) is 0. The smallest absolute Gasteiger partial charge is 0.0579 e. The van der Waals surface area contributed by atoms with Crippen molar-refractivity contribution in [2.75, 3.05) is 0 Å². The second-order valence-electron chi connectivity index (χ2n) is 7.40. The van der Waals surface area contributed by atoms with Crippen molar-refractivity contribution in [3.05, 3.63) is 35.4 Å². The maximum absolute atomic E-state index is 6.38. The van der Waals surface area contributed by atoms with Gasteiger partial charge in [-0.3, -0.25) is 0 Å². The van der Waals surface area contributed by atoms with E-state index in [0.29, 0.717) is 12.2 Å². The molecule has 0 aromatic heterocycles. The van der Waals surface area contributed by atoms with Crippen LogP contribution in [-0.2, 0) is 4.74 Å². The van der Waals surface area contributed by atoms with E-state index in [4.69, 9.17) is 4.74 Å². The van der Waals surface area contributed by atoms with Crippen LogP contribution in [0.1, 0.15) is 89.2 Å². The van der Waals surface area contributed by atoms with Crippen LogP contribution in [0.2, 0.25) is 0 Å². The Kier molecular flexibility index (Phi) is 7.62. The van der Waals surface area contributed by atoms with Crippen LogP contribution in [0.5, 0.6) is 0 Å².